The van der Waals surface area contributed by atoms with E-state index in [1.165, 1.54) is 50.6 Å². The summed E-state index contributed by atoms with van der Waals surface area (Å²) in [7, 11) is 12.4. The number of rotatable bonds is 16. The Labute approximate surface area is 309 Å². The molecule has 16 nitrogen and oxygen atoms in total. The SMILES string of the molecule is COCOc1cc(OC)cc(OCOC)c1.COCOc1cc(OC)cc(OCOC)c1C.COc1cc(O)cc(O)c1.COc1cc(O)cc(O)c1. The molecule has 294 valence electrons. The van der Waals surface area contributed by atoms with Gasteiger partial charge in [-0.3, -0.25) is 0 Å². The van der Waals surface area contributed by atoms with E-state index >= 15 is 0 Å². The van der Waals surface area contributed by atoms with Crippen LogP contribution in [0.1, 0.15) is 5.56 Å². The molecule has 0 aliphatic carbocycles. The highest BCUT2D eigenvalue weighted by molar-refractivity contribution is 5.50. The first kappa shape index (κ1) is 45.3. The van der Waals surface area contributed by atoms with Gasteiger partial charge in [-0.25, -0.2) is 0 Å². The first-order valence-corrected chi connectivity index (χ1v) is 15.5. The van der Waals surface area contributed by atoms with Crippen LogP contribution in [-0.2, 0) is 18.9 Å². The molecular weight excluding hydrogens is 700 g/mol. The van der Waals surface area contributed by atoms with Crippen LogP contribution >= 0.6 is 0 Å². The van der Waals surface area contributed by atoms with Crippen LogP contribution < -0.4 is 37.9 Å². The molecule has 4 N–H and O–H groups in total. The maximum Gasteiger partial charge on any atom is 0.188 e. The molecule has 4 rings (SSSR count). The number of aromatic hydroxyl groups is 4. The van der Waals surface area contributed by atoms with E-state index in [0.717, 1.165) is 5.56 Å². The van der Waals surface area contributed by atoms with Crippen molar-refractivity contribution in [3.8, 4) is 69.0 Å². The summed E-state index contributed by atoms with van der Waals surface area (Å²) in [6.45, 7) is 2.61. The molecule has 0 saturated heterocycles. The lowest BCUT2D eigenvalue weighted by molar-refractivity contribution is 0.0447. The molecule has 0 fully saturated rings. The van der Waals surface area contributed by atoms with E-state index in [0.29, 0.717) is 46.0 Å². The van der Waals surface area contributed by atoms with Gasteiger partial charge in [-0.05, 0) is 6.92 Å². The van der Waals surface area contributed by atoms with Crippen molar-refractivity contribution in [1.82, 2.24) is 0 Å². The van der Waals surface area contributed by atoms with Crippen molar-refractivity contribution in [3.05, 3.63) is 72.3 Å². The van der Waals surface area contributed by atoms with Crippen LogP contribution in [-0.4, -0.2) is 104 Å². The fourth-order valence-electron chi connectivity index (χ4n) is 3.76. The van der Waals surface area contributed by atoms with Crippen LogP contribution in [0.4, 0.5) is 0 Å². The normalized spacial score (nSPS) is 9.75. The molecule has 0 spiro atoms. The van der Waals surface area contributed by atoms with Gasteiger partial charge in [0, 0.05) is 101 Å². The lowest BCUT2D eigenvalue weighted by atomic mass is 10.2. The molecule has 0 bridgehead atoms. The molecule has 0 atom stereocenters. The first-order chi connectivity index (χ1) is 25.5. The van der Waals surface area contributed by atoms with Crippen molar-refractivity contribution in [2.45, 2.75) is 6.92 Å². The highest BCUT2D eigenvalue weighted by Gasteiger charge is 2.10. The molecule has 4 aromatic rings. The topological polar surface area (TPSA) is 192 Å². The Bertz CT molecular complexity index is 1450. The average molecular weight is 751 g/mol. The molecule has 0 radical (unpaired) electrons. The zero-order valence-electron chi connectivity index (χ0n) is 31.4. The molecule has 4 aromatic carbocycles. The Balaban J connectivity index is 0.000000363. The summed E-state index contributed by atoms with van der Waals surface area (Å²) in [5.74, 6) is 4.75. The molecule has 0 aromatic heterocycles. The fraction of sp³-hybridized carbons (Fsp3) is 0.351. The Morgan fingerprint density at radius 2 is 0.604 bits per heavy atom. The van der Waals surface area contributed by atoms with E-state index in [1.807, 2.05) is 6.92 Å². The van der Waals surface area contributed by atoms with Crippen molar-refractivity contribution in [2.24, 2.45) is 0 Å². The van der Waals surface area contributed by atoms with Crippen molar-refractivity contribution in [2.75, 3.05) is 84.1 Å². The minimum atomic E-state index is -0.00292. The number of phenols is 4. The average Bonchev–Trinajstić information content (AvgIpc) is 3.15. The third kappa shape index (κ3) is 18.4. The van der Waals surface area contributed by atoms with Gasteiger partial charge in [0.2, 0.25) is 0 Å². The quantitative estimate of drug-likeness (QED) is 0.0998. The standard InChI is InChI=1S/C12H18O5.C11H16O5.2C7H8O3/c1-9-11(16-7-13-2)5-10(15-4)6-12(9)17-8-14-3;1-12-7-15-10-4-9(14-3)5-11(6-10)16-8-13-2;2*1-10-7-3-5(8)2-6(9)4-7/h5-6H,7-8H2,1-4H3;4-6H,7-8H2,1-3H3;2*2-4,8-9H,1H3. The fourth-order valence-corrected chi connectivity index (χ4v) is 3.76. The monoisotopic (exact) mass is 750 g/mol. The lowest BCUT2D eigenvalue weighted by Crippen LogP contribution is -2.04. The van der Waals surface area contributed by atoms with Gasteiger partial charge >= 0.3 is 0 Å². The smallest absolute Gasteiger partial charge is 0.188 e. The minimum Gasteiger partial charge on any atom is -0.508 e. The van der Waals surface area contributed by atoms with Gasteiger partial charge in [0.15, 0.2) is 27.2 Å². The Morgan fingerprint density at radius 1 is 0.340 bits per heavy atom. The second kappa shape index (κ2) is 26.1. The van der Waals surface area contributed by atoms with Crippen molar-refractivity contribution in [3.63, 3.8) is 0 Å². The molecule has 0 amide bonds. The van der Waals surface area contributed by atoms with Gasteiger partial charge in [-0.2, -0.15) is 0 Å². The summed E-state index contributed by atoms with van der Waals surface area (Å²) in [4.78, 5) is 0. The zero-order valence-corrected chi connectivity index (χ0v) is 31.4. The number of phenolic OH excluding ortho intramolecular Hbond substituents is 4. The van der Waals surface area contributed by atoms with Crippen LogP contribution in [0.15, 0.2) is 66.7 Å². The van der Waals surface area contributed by atoms with Crippen LogP contribution in [0.2, 0.25) is 0 Å². The Morgan fingerprint density at radius 3 is 0.906 bits per heavy atom. The van der Waals surface area contributed by atoms with E-state index in [1.54, 1.807) is 73.0 Å². The maximum atomic E-state index is 8.88. The summed E-state index contributed by atoms with van der Waals surface area (Å²) in [6.07, 6.45) is 0. The lowest BCUT2D eigenvalue weighted by Gasteiger charge is -2.14. The predicted octanol–water partition coefficient (Wildman–Crippen LogP) is 5.84. The number of hydrogen-bond acceptors (Lipinski definition) is 16. The summed E-state index contributed by atoms with van der Waals surface area (Å²) >= 11 is 0. The third-order valence-corrected chi connectivity index (χ3v) is 6.19. The van der Waals surface area contributed by atoms with Gasteiger partial charge in [-0.1, -0.05) is 0 Å². The van der Waals surface area contributed by atoms with E-state index in [-0.39, 0.29) is 50.2 Å². The molecule has 0 aliphatic rings. The van der Waals surface area contributed by atoms with E-state index in [2.05, 4.69) is 0 Å². The van der Waals surface area contributed by atoms with Gasteiger partial charge < -0.3 is 77.3 Å². The Kier molecular flexibility index (Phi) is 22.4. The van der Waals surface area contributed by atoms with E-state index in [9.17, 15) is 0 Å². The largest absolute Gasteiger partial charge is 0.508 e. The van der Waals surface area contributed by atoms with Gasteiger partial charge in [0.05, 0.1) is 28.4 Å². The second-order valence-electron chi connectivity index (χ2n) is 10.1. The molecule has 0 aliphatic heterocycles. The van der Waals surface area contributed by atoms with Crippen LogP contribution in [0.5, 0.6) is 69.0 Å². The maximum absolute atomic E-state index is 8.88. The van der Waals surface area contributed by atoms with Crippen molar-refractivity contribution >= 4 is 0 Å². The van der Waals surface area contributed by atoms with E-state index in [4.69, 9.17) is 77.3 Å². The zero-order chi connectivity index (χ0) is 39.6. The number of benzene rings is 4. The summed E-state index contributed by atoms with van der Waals surface area (Å²) in [6, 6.07) is 16.9. The summed E-state index contributed by atoms with van der Waals surface area (Å²) < 4.78 is 60.6. The molecular formula is C37H50O16. The third-order valence-electron chi connectivity index (χ3n) is 6.19. The first-order valence-electron chi connectivity index (χ1n) is 15.5. The molecule has 16 heteroatoms. The highest BCUT2D eigenvalue weighted by Crippen LogP contribution is 2.33. The summed E-state index contributed by atoms with van der Waals surface area (Å²) in [5, 5.41) is 35.5. The molecule has 53 heavy (non-hydrogen) atoms. The second-order valence-corrected chi connectivity index (χ2v) is 10.1. The Hall–Kier alpha value is -5.68. The molecule has 0 saturated carbocycles. The van der Waals surface area contributed by atoms with Crippen LogP contribution in [0, 0.1) is 6.92 Å². The van der Waals surface area contributed by atoms with Gasteiger partial charge in [0.25, 0.3) is 0 Å². The molecule has 0 heterocycles. The van der Waals surface area contributed by atoms with Crippen molar-refractivity contribution < 1.29 is 77.3 Å². The van der Waals surface area contributed by atoms with Crippen LogP contribution in [0.25, 0.3) is 0 Å². The minimum absolute atomic E-state index is 0.00292. The van der Waals surface area contributed by atoms with E-state index < -0.39 is 0 Å². The predicted molar refractivity (Wildman–Crippen MR) is 193 cm³/mol. The number of hydrogen-bond donors (Lipinski definition) is 4. The van der Waals surface area contributed by atoms with Crippen LogP contribution in [0.3, 0.4) is 0 Å². The number of ether oxygens (including phenoxy) is 12. The van der Waals surface area contributed by atoms with Gasteiger partial charge in [-0.15, -0.1) is 0 Å². The van der Waals surface area contributed by atoms with Crippen molar-refractivity contribution in [1.29, 1.82) is 0 Å². The van der Waals surface area contributed by atoms with Gasteiger partial charge in [0.1, 0.15) is 69.0 Å². The molecule has 0 unspecified atom stereocenters. The highest BCUT2D eigenvalue weighted by atomic mass is 16.7. The number of methoxy groups -OCH3 is 8. The summed E-state index contributed by atoms with van der Waals surface area (Å²) in [5.41, 5.74) is 0.875.